The second-order valence-electron chi connectivity index (χ2n) is 3.86. The summed E-state index contributed by atoms with van der Waals surface area (Å²) in [5.74, 6) is -0.971. The first kappa shape index (κ1) is 10.5. The molecule has 1 aromatic carbocycles. The van der Waals surface area contributed by atoms with Crippen LogP contribution in [0, 0.1) is 11.7 Å². The summed E-state index contributed by atoms with van der Waals surface area (Å²) >= 11 is 1.25. The van der Waals surface area contributed by atoms with Gasteiger partial charge >= 0.3 is 5.97 Å². The first-order chi connectivity index (χ1) is 7.04. The van der Waals surface area contributed by atoms with Gasteiger partial charge in [0.25, 0.3) is 0 Å². The summed E-state index contributed by atoms with van der Waals surface area (Å²) in [5, 5.41) is 9.09. The number of hydrogen-bond donors (Lipinski definition) is 1. The zero-order valence-corrected chi connectivity index (χ0v) is 9.05. The molecule has 1 saturated carbocycles. The highest BCUT2D eigenvalue weighted by atomic mass is 32.2. The van der Waals surface area contributed by atoms with Crippen LogP contribution in [0.3, 0.4) is 0 Å². The van der Waals surface area contributed by atoms with Gasteiger partial charge in [0.2, 0.25) is 0 Å². The van der Waals surface area contributed by atoms with Crippen LogP contribution in [0.25, 0.3) is 0 Å². The quantitative estimate of drug-likeness (QED) is 0.861. The van der Waals surface area contributed by atoms with E-state index in [2.05, 4.69) is 0 Å². The van der Waals surface area contributed by atoms with E-state index >= 15 is 0 Å². The monoisotopic (exact) mass is 226 g/mol. The van der Waals surface area contributed by atoms with E-state index in [0.717, 1.165) is 0 Å². The highest BCUT2D eigenvalue weighted by molar-refractivity contribution is 8.01. The zero-order chi connectivity index (χ0) is 11.1. The van der Waals surface area contributed by atoms with Crippen LogP contribution in [0.15, 0.2) is 29.2 Å². The second-order valence-corrected chi connectivity index (χ2v) is 5.26. The van der Waals surface area contributed by atoms with Crippen molar-refractivity contribution in [1.29, 1.82) is 0 Å². The minimum absolute atomic E-state index is 0.156. The predicted octanol–water partition coefficient (Wildman–Crippen LogP) is 2.78. The third kappa shape index (κ3) is 1.86. The Balaban J connectivity index is 2.19. The molecule has 1 aliphatic rings. The van der Waals surface area contributed by atoms with Gasteiger partial charge in [0.15, 0.2) is 0 Å². The third-order valence-electron chi connectivity index (χ3n) is 2.70. The molecule has 1 N–H and O–H groups in total. The number of aliphatic carboxylic acids is 1. The molecule has 1 fully saturated rings. The van der Waals surface area contributed by atoms with E-state index < -0.39 is 10.7 Å². The summed E-state index contributed by atoms with van der Waals surface area (Å²) in [6.45, 7) is 1.90. The van der Waals surface area contributed by atoms with Crippen LogP contribution in [-0.2, 0) is 4.79 Å². The molecule has 0 bridgehead atoms. The smallest absolute Gasteiger partial charge is 0.320 e. The van der Waals surface area contributed by atoms with E-state index in [-0.39, 0.29) is 11.7 Å². The van der Waals surface area contributed by atoms with Gasteiger partial charge < -0.3 is 5.11 Å². The molecule has 1 aliphatic carbocycles. The Kier molecular flexibility index (Phi) is 2.46. The molecule has 15 heavy (non-hydrogen) atoms. The first-order valence-corrected chi connectivity index (χ1v) is 5.54. The third-order valence-corrected chi connectivity index (χ3v) is 4.30. The molecule has 0 aromatic heterocycles. The van der Waals surface area contributed by atoms with Crippen LogP contribution in [0.2, 0.25) is 0 Å². The predicted molar refractivity (Wildman–Crippen MR) is 56.4 cm³/mol. The van der Waals surface area contributed by atoms with Crippen LogP contribution >= 0.6 is 11.8 Å². The van der Waals surface area contributed by atoms with Crippen molar-refractivity contribution < 1.29 is 14.3 Å². The lowest BCUT2D eigenvalue weighted by atomic mass is 10.3. The summed E-state index contributed by atoms with van der Waals surface area (Å²) < 4.78 is 12.2. The van der Waals surface area contributed by atoms with Crippen molar-refractivity contribution in [2.75, 3.05) is 0 Å². The number of hydrogen-bond acceptors (Lipinski definition) is 2. The molecule has 2 rings (SSSR count). The van der Waals surface area contributed by atoms with Crippen LogP contribution < -0.4 is 0 Å². The molecule has 0 amide bonds. The summed E-state index contributed by atoms with van der Waals surface area (Å²) in [6, 6.07) is 6.07. The summed E-state index contributed by atoms with van der Waals surface area (Å²) in [4.78, 5) is 11.8. The molecule has 0 radical (unpaired) electrons. The lowest BCUT2D eigenvalue weighted by Crippen LogP contribution is -2.19. The normalized spacial score (nSPS) is 28.8. The molecule has 2 atom stereocenters. The van der Waals surface area contributed by atoms with Gasteiger partial charge in [-0.15, -0.1) is 11.8 Å². The van der Waals surface area contributed by atoms with Gasteiger partial charge in [-0.05, 0) is 30.5 Å². The maximum Gasteiger partial charge on any atom is 0.320 e. The number of carboxylic acid groups (broad SMARTS) is 1. The standard InChI is InChI=1S/C11H11FO2S/c1-7-6-11(7,10(13)14)15-9-4-2-3-8(12)5-9/h2-5,7H,6H2,1H3,(H,13,14). The number of thioether (sulfide) groups is 1. The van der Waals surface area contributed by atoms with Crippen molar-refractivity contribution in [2.45, 2.75) is 23.0 Å². The van der Waals surface area contributed by atoms with E-state index in [1.807, 2.05) is 6.92 Å². The van der Waals surface area contributed by atoms with Crippen molar-refractivity contribution >= 4 is 17.7 Å². The molecule has 1 aromatic rings. The van der Waals surface area contributed by atoms with Gasteiger partial charge in [-0.1, -0.05) is 13.0 Å². The topological polar surface area (TPSA) is 37.3 Å². The Morgan fingerprint density at radius 1 is 1.67 bits per heavy atom. The molecule has 0 heterocycles. The highest BCUT2D eigenvalue weighted by Crippen LogP contribution is 2.56. The minimum Gasteiger partial charge on any atom is -0.480 e. The lowest BCUT2D eigenvalue weighted by Gasteiger charge is -2.10. The maximum atomic E-state index is 12.9. The average molecular weight is 226 g/mol. The minimum atomic E-state index is -0.802. The molecule has 0 aliphatic heterocycles. The van der Waals surface area contributed by atoms with Crippen molar-refractivity contribution in [3.63, 3.8) is 0 Å². The SMILES string of the molecule is CC1CC1(Sc1cccc(F)c1)C(=O)O. The van der Waals surface area contributed by atoms with E-state index in [1.165, 1.54) is 23.9 Å². The Morgan fingerprint density at radius 2 is 2.33 bits per heavy atom. The second kappa shape index (κ2) is 3.52. The molecular formula is C11H11FO2S. The number of carbonyl (C=O) groups is 1. The average Bonchev–Trinajstić information content (AvgIpc) is 2.78. The lowest BCUT2D eigenvalue weighted by molar-refractivity contribution is -0.137. The fourth-order valence-corrected chi connectivity index (χ4v) is 2.98. The zero-order valence-electron chi connectivity index (χ0n) is 8.24. The number of benzene rings is 1. The van der Waals surface area contributed by atoms with E-state index in [1.54, 1.807) is 12.1 Å². The maximum absolute atomic E-state index is 12.9. The fraction of sp³-hybridized carbons (Fsp3) is 0.364. The summed E-state index contributed by atoms with van der Waals surface area (Å²) in [7, 11) is 0. The number of halogens is 1. The Morgan fingerprint density at radius 3 is 2.80 bits per heavy atom. The number of carboxylic acids is 1. The highest BCUT2D eigenvalue weighted by Gasteiger charge is 2.58. The van der Waals surface area contributed by atoms with Crippen LogP contribution in [0.1, 0.15) is 13.3 Å². The van der Waals surface area contributed by atoms with Gasteiger partial charge in [-0.2, -0.15) is 0 Å². The summed E-state index contributed by atoms with van der Waals surface area (Å²) in [6.07, 6.45) is 0.656. The number of rotatable bonds is 3. The van der Waals surface area contributed by atoms with Crippen LogP contribution in [0.5, 0.6) is 0 Å². The van der Waals surface area contributed by atoms with Gasteiger partial charge in [-0.3, -0.25) is 4.79 Å². The van der Waals surface area contributed by atoms with Crippen molar-refractivity contribution in [2.24, 2.45) is 5.92 Å². The fourth-order valence-electron chi connectivity index (χ4n) is 1.62. The molecule has 80 valence electrons. The molecule has 2 nitrogen and oxygen atoms in total. The molecule has 0 spiro atoms. The molecular weight excluding hydrogens is 215 g/mol. The largest absolute Gasteiger partial charge is 0.480 e. The van der Waals surface area contributed by atoms with E-state index in [9.17, 15) is 9.18 Å². The van der Waals surface area contributed by atoms with Gasteiger partial charge in [0.1, 0.15) is 10.6 Å². The van der Waals surface area contributed by atoms with E-state index in [0.29, 0.717) is 11.3 Å². The molecule has 2 unspecified atom stereocenters. The Labute approximate surface area is 91.5 Å². The molecule has 0 saturated heterocycles. The van der Waals surface area contributed by atoms with Crippen molar-refractivity contribution in [3.8, 4) is 0 Å². The molecule has 4 heteroatoms. The Hall–Kier alpha value is -1.03. The van der Waals surface area contributed by atoms with Crippen molar-refractivity contribution in [1.82, 2.24) is 0 Å². The van der Waals surface area contributed by atoms with E-state index in [4.69, 9.17) is 5.11 Å². The van der Waals surface area contributed by atoms with Crippen LogP contribution in [-0.4, -0.2) is 15.8 Å². The Bertz CT molecular complexity index is 407. The summed E-state index contributed by atoms with van der Waals surface area (Å²) in [5.41, 5.74) is 0. The van der Waals surface area contributed by atoms with Gasteiger partial charge in [-0.25, -0.2) is 4.39 Å². The van der Waals surface area contributed by atoms with Gasteiger partial charge in [0.05, 0.1) is 0 Å². The van der Waals surface area contributed by atoms with Crippen molar-refractivity contribution in [3.05, 3.63) is 30.1 Å². The van der Waals surface area contributed by atoms with Gasteiger partial charge in [0, 0.05) is 4.90 Å². The van der Waals surface area contributed by atoms with Crippen LogP contribution in [0.4, 0.5) is 4.39 Å². The first-order valence-electron chi connectivity index (χ1n) is 4.72.